The average molecular weight is 400 g/mol. The third-order valence-electron chi connectivity index (χ3n) is 4.99. The van der Waals surface area contributed by atoms with E-state index in [0.717, 1.165) is 22.2 Å². The van der Waals surface area contributed by atoms with Crippen LogP contribution in [0.4, 0.5) is 5.82 Å². The van der Waals surface area contributed by atoms with Crippen molar-refractivity contribution in [2.24, 2.45) is 0 Å². The number of nitrogens with zero attached hydrogens (tertiary/aromatic N) is 3. The van der Waals surface area contributed by atoms with Crippen LogP contribution in [0.25, 0.3) is 27.6 Å². The average Bonchev–Trinajstić information content (AvgIpc) is 3.41. The molecule has 9 nitrogen and oxygen atoms in total. The van der Waals surface area contributed by atoms with Gasteiger partial charge in [0.2, 0.25) is 5.78 Å². The zero-order chi connectivity index (χ0) is 21.0. The number of benzene rings is 2. The lowest BCUT2D eigenvalue weighted by atomic mass is 10.1. The smallest absolute Gasteiger partial charge is 0.335 e. The number of nitrogens with one attached hydrogen (secondary N) is 2. The minimum Gasteiger partial charge on any atom is -0.478 e. The summed E-state index contributed by atoms with van der Waals surface area (Å²) in [6, 6.07) is 11.9. The number of H-pyrrole nitrogens is 2. The van der Waals surface area contributed by atoms with Crippen molar-refractivity contribution < 1.29 is 14.7 Å². The molecule has 0 aliphatic rings. The number of aromatic nitrogens is 5. The number of rotatable bonds is 4. The molecule has 2 aromatic carbocycles. The SMILES string of the molecule is Cc1nc2ccc(-n3ncc(C(=O)c4cc5ccc(C(=O)O)cc5[nH]4)c3N)cc2[nH]1. The highest BCUT2D eigenvalue weighted by atomic mass is 16.4. The summed E-state index contributed by atoms with van der Waals surface area (Å²) in [5.74, 6) is -0.351. The van der Waals surface area contributed by atoms with Crippen LogP contribution in [0.5, 0.6) is 0 Å². The molecular formula is C21H16N6O3. The first-order chi connectivity index (χ1) is 14.4. The highest BCUT2D eigenvalue weighted by Crippen LogP contribution is 2.24. The van der Waals surface area contributed by atoms with E-state index in [0.29, 0.717) is 16.9 Å². The lowest BCUT2D eigenvalue weighted by molar-refractivity contribution is 0.0697. The number of carboxylic acids is 1. The summed E-state index contributed by atoms with van der Waals surface area (Å²) >= 11 is 0. The highest BCUT2D eigenvalue weighted by Gasteiger charge is 2.20. The number of anilines is 1. The van der Waals surface area contributed by atoms with Crippen molar-refractivity contribution in [3.05, 3.63) is 71.3 Å². The molecule has 0 unspecified atom stereocenters. The second-order valence-electron chi connectivity index (χ2n) is 7.00. The Morgan fingerprint density at radius 2 is 1.90 bits per heavy atom. The van der Waals surface area contributed by atoms with Gasteiger partial charge in [0.05, 0.1) is 39.7 Å². The molecule has 0 atom stereocenters. The van der Waals surface area contributed by atoms with Gasteiger partial charge in [0.15, 0.2) is 0 Å². The van der Waals surface area contributed by atoms with Gasteiger partial charge in [0.1, 0.15) is 11.6 Å². The van der Waals surface area contributed by atoms with Crippen molar-refractivity contribution in [1.29, 1.82) is 0 Å². The molecule has 0 saturated heterocycles. The number of hydrogen-bond donors (Lipinski definition) is 4. The van der Waals surface area contributed by atoms with Crippen molar-refractivity contribution in [2.45, 2.75) is 6.92 Å². The molecule has 0 saturated carbocycles. The summed E-state index contributed by atoms with van der Waals surface area (Å²) in [5.41, 5.74) is 9.87. The van der Waals surface area contributed by atoms with E-state index in [1.807, 2.05) is 25.1 Å². The van der Waals surface area contributed by atoms with E-state index in [-0.39, 0.29) is 22.7 Å². The monoisotopic (exact) mass is 400 g/mol. The Labute approximate surface area is 169 Å². The molecule has 5 N–H and O–H groups in total. The van der Waals surface area contributed by atoms with Crippen LogP contribution in [-0.2, 0) is 0 Å². The van der Waals surface area contributed by atoms with Gasteiger partial charge >= 0.3 is 5.97 Å². The molecule has 0 bridgehead atoms. The maximum Gasteiger partial charge on any atom is 0.335 e. The first kappa shape index (κ1) is 17.7. The number of nitrogens with two attached hydrogens (primary N) is 1. The maximum atomic E-state index is 13.0. The quantitative estimate of drug-likeness (QED) is 0.342. The highest BCUT2D eigenvalue weighted by molar-refractivity contribution is 6.12. The van der Waals surface area contributed by atoms with Crippen molar-refractivity contribution in [2.75, 3.05) is 5.73 Å². The number of carboxylic acid groups (broad SMARTS) is 1. The molecule has 0 amide bonds. The summed E-state index contributed by atoms with van der Waals surface area (Å²) in [6.07, 6.45) is 1.42. The third-order valence-corrected chi connectivity index (χ3v) is 4.99. The van der Waals surface area contributed by atoms with Gasteiger partial charge in [-0.25, -0.2) is 14.5 Å². The van der Waals surface area contributed by atoms with Gasteiger partial charge in [-0.2, -0.15) is 5.10 Å². The normalized spacial score (nSPS) is 11.4. The molecular weight excluding hydrogens is 384 g/mol. The van der Waals surface area contributed by atoms with Gasteiger partial charge in [-0.1, -0.05) is 6.07 Å². The summed E-state index contributed by atoms with van der Waals surface area (Å²) < 4.78 is 1.49. The van der Waals surface area contributed by atoms with E-state index in [2.05, 4.69) is 20.1 Å². The summed E-state index contributed by atoms with van der Waals surface area (Å²) in [5, 5.41) is 14.2. The van der Waals surface area contributed by atoms with E-state index in [4.69, 9.17) is 10.8 Å². The Morgan fingerprint density at radius 1 is 1.07 bits per heavy atom. The number of nitrogen functional groups attached to an aromatic ring is 1. The topological polar surface area (TPSA) is 143 Å². The van der Waals surface area contributed by atoms with E-state index in [1.54, 1.807) is 12.1 Å². The first-order valence-electron chi connectivity index (χ1n) is 9.12. The van der Waals surface area contributed by atoms with Gasteiger partial charge in [0.25, 0.3) is 0 Å². The predicted octanol–water partition coefficient (Wildman–Crippen LogP) is 3.05. The van der Waals surface area contributed by atoms with Crippen LogP contribution in [0.3, 0.4) is 0 Å². The van der Waals surface area contributed by atoms with Gasteiger partial charge in [-0.15, -0.1) is 0 Å². The van der Waals surface area contributed by atoms with Gasteiger partial charge < -0.3 is 20.8 Å². The molecule has 5 rings (SSSR count). The largest absolute Gasteiger partial charge is 0.478 e. The number of aromatic amines is 2. The second-order valence-corrected chi connectivity index (χ2v) is 7.00. The van der Waals surface area contributed by atoms with Crippen LogP contribution in [0, 0.1) is 6.92 Å². The Bertz CT molecular complexity index is 1470. The molecule has 0 aliphatic heterocycles. The lowest BCUT2D eigenvalue weighted by Crippen LogP contribution is -2.07. The second kappa shape index (κ2) is 6.31. The molecule has 0 fully saturated rings. The Balaban J connectivity index is 1.53. The van der Waals surface area contributed by atoms with Crippen LogP contribution in [0.2, 0.25) is 0 Å². The fraction of sp³-hybridized carbons (Fsp3) is 0.0476. The van der Waals surface area contributed by atoms with Crippen molar-refractivity contribution in [1.82, 2.24) is 24.7 Å². The Kier molecular flexibility index (Phi) is 3.72. The maximum absolute atomic E-state index is 13.0. The van der Waals surface area contributed by atoms with E-state index in [1.165, 1.54) is 23.0 Å². The lowest BCUT2D eigenvalue weighted by Gasteiger charge is -2.05. The fourth-order valence-electron chi connectivity index (χ4n) is 3.52. The molecule has 5 aromatic rings. The molecule has 30 heavy (non-hydrogen) atoms. The molecule has 3 aromatic heterocycles. The number of carbonyl (C=O) groups is 2. The number of ketones is 1. The van der Waals surface area contributed by atoms with Crippen LogP contribution >= 0.6 is 0 Å². The number of aryl methyl sites for hydroxylation is 1. The summed E-state index contributed by atoms with van der Waals surface area (Å²) in [4.78, 5) is 34.7. The van der Waals surface area contributed by atoms with E-state index < -0.39 is 5.97 Å². The van der Waals surface area contributed by atoms with Crippen LogP contribution in [-0.4, -0.2) is 41.6 Å². The minimum atomic E-state index is -1.03. The molecule has 0 aliphatic carbocycles. The van der Waals surface area contributed by atoms with Crippen LogP contribution in [0.15, 0.2) is 48.7 Å². The third kappa shape index (κ3) is 2.72. The molecule has 0 spiro atoms. The van der Waals surface area contributed by atoms with Crippen molar-refractivity contribution >= 4 is 39.5 Å². The number of imidazole rings is 1. The zero-order valence-corrected chi connectivity index (χ0v) is 15.8. The predicted molar refractivity (Wildman–Crippen MR) is 111 cm³/mol. The number of hydrogen-bond acceptors (Lipinski definition) is 5. The van der Waals surface area contributed by atoms with Gasteiger partial charge in [-0.3, -0.25) is 4.79 Å². The molecule has 3 heterocycles. The van der Waals surface area contributed by atoms with Crippen molar-refractivity contribution in [3.8, 4) is 5.69 Å². The van der Waals surface area contributed by atoms with E-state index in [9.17, 15) is 9.59 Å². The number of fused-ring (bicyclic) bond motifs is 2. The Hall–Kier alpha value is -4.40. The summed E-state index contributed by atoms with van der Waals surface area (Å²) in [6.45, 7) is 1.87. The molecule has 0 radical (unpaired) electrons. The number of carbonyl (C=O) groups excluding carboxylic acids is 1. The van der Waals surface area contributed by atoms with E-state index >= 15 is 0 Å². The molecule has 148 valence electrons. The van der Waals surface area contributed by atoms with Crippen molar-refractivity contribution in [3.63, 3.8) is 0 Å². The first-order valence-corrected chi connectivity index (χ1v) is 9.12. The standard InChI is InChI=1S/C21H16N6O3/c1-10-24-15-5-4-13(8-17(15)25-10)27-20(22)14(9-23-27)19(28)18-6-11-2-3-12(21(29)30)7-16(11)26-18/h2-9,26H,22H2,1H3,(H,24,25)(H,29,30). The minimum absolute atomic E-state index is 0.139. The zero-order valence-electron chi connectivity index (χ0n) is 15.8. The molecule has 9 heteroatoms. The van der Waals surface area contributed by atoms with Crippen LogP contribution < -0.4 is 5.73 Å². The van der Waals surface area contributed by atoms with Gasteiger partial charge in [-0.05, 0) is 43.3 Å². The fourth-order valence-corrected chi connectivity index (χ4v) is 3.52. The Morgan fingerprint density at radius 3 is 2.70 bits per heavy atom. The summed E-state index contributed by atoms with van der Waals surface area (Å²) in [7, 11) is 0. The van der Waals surface area contributed by atoms with Gasteiger partial charge in [0, 0.05) is 10.9 Å². The number of aromatic carboxylic acids is 1. The van der Waals surface area contributed by atoms with Crippen LogP contribution in [0.1, 0.15) is 32.2 Å².